The van der Waals surface area contributed by atoms with Gasteiger partial charge < -0.3 is 36.4 Å². The molecule has 3 unspecified atom stereocenters. The van der Waals surface area contributed by atoms with Gasteiger partial charge in [-0.05, 0) is 38.4 Å². The number of fused-ring (bicyclic) bond motifs is 3. The first-order chi connectivity index (χ1) is 17.2. The van der Waals surface area contributed by atoms with Gasteiger partial charge in [0.05, 0.1) is 22.3 Å². The van der Waals surface area contributed by atoms with Gasteiger partial charge in [-0.3, -0.25) is 24.1 Å². The number of aliphatic hydroxyl groups excluding tert-OH is 2. The van der Waals surface area contributed by atoms with Gasteiger partial charge in [0.2, 0.25) is 12.2 Å². The quantitative estimate of drug-likeness (QED) is 0.173. The Morgan fingerprint density at radius 3 is 2.32 bits per heavy atom. The molecule has 0 bridgehead atoms. The van der Waals surface area contributed by atoms with E-state index in [-0.39, 0.29) is 41.1 Å². The first-order valence-corrected chi connectivity index (χ1v) is 11.7. The Bertz CT molecular complexity index is 1330. The smallest absolute Gasteiger partial charge is 0.255 e. The minimum atomic E-state index is -2.74. The van der Waals surface area contributed by atoms with Gasteiger partial charge in [0.1, 0.15) is 22.8 Å². The van der Waals surface area contributed by atoms with Crippen molar-refractivity contribution in [2.24, 2.45) is 17.6 Å². The summed E-state index contributed by atoms with van der Waals surface area (Å²) < 4.78 is 0. The van der Waals surface area contributed by atoms with Crippen molar-refractivity contribution in [2.75, 3.05) is 38.4 Å². The summed E-state index contributed by atoms with van der Waals surface area (Å²) in [5, 5.41) is 47.1. The average molecular weight is 535 g/mol. The summed E-state index contributed by atoms with van der Waals surface area (Å²) >= 11 is 6.50. The summed E-state index contributed by atoms with van der Waals surface area (Å²) in [6.07, 6.45) is 0.304. The van der Waals surface area contributed by atoms with Crippen LogP contribution in [0.5, 0.6) is 5.75 Å². The Balaban J connectivity index is 2.04. The number of aliphatic hydroxyl groups is 3. The van der Waals surface area contributed by atoms with Crippen molar-refractivity contribution in [1.82, 2.24) is 4.90 Å². The van der Waals surface area contributed by atoms with Crippen molar-refractivity contribution < 1.29 is 39.6 Å². The third-order valence-electron chi connectivity index (χ3n) is 7.45. The maximum atomic E-state index is 13.9. The normalized spacial score (nSPS) is 27.1. The molecule has 4 rings (SSSR count). The molecule has 12 nitrogen and oxygen atoms in total. The number of ketones is 2. The topological polar surface area (TPSA) is 194 Å². The van der Waals surface area contributed by atoms with Crippen LogP contribution < -0.4 is 16.0 Å². The molecule has 1 aromatic rings. The van der Waals surface area contributed by atoms with Crippen LogP contribution in [0.3, 0.4) is 0 Å². The van der Waals surface area contributed by atoms with Crippen LogP contribution in [-0.4, -0.2) is 89.0 Å². The number of nitrogens with zero attached hydrogens (tertiary/aromatic N) is 2. The standard InChI is InChI=1S/C24H27ClN4O8/c1-28(2)16-9-5-8-6-10-17(29(3)4)20(33)13(23(26)36)22(35)24(10,37)21(34)11(8)18(31)12(9)19(32)15(14(16)25)27-7-30/h7-8,10,17,31-32,35,37H,5-6H2,1-4H3,(H2,26,36)(H,27,30)/t8?,10?,17-,24?/m0/s1. The molecule has 2 amide bonds. The largest absolute Gasteiger partial charge is 0.508 e. The molecule has 0 radical (unpaired) electrons. The Morgan fingerprint density at radius 2 is 1.81 bits per heavy atom. The van der Waals surface area contributed by atoms with Crippen molar-refractivity contribution in [3.63, 3.8) is 0 Å². The summed E-state index contributed by atoms with van der Waals surface area (Å²) in [4.78, 5) is 53.3. The highest BCUT2D eigenvalue weighted by atomic mass is 35.5. The highest BCUT2D eigenvalue weighted by Gasteiger charge is 2.64. The number of anilines is 2. The lowest BCUT2D eigenvalue weighted by Crippen LogP contribution is -2.65. The number of hydrogen-bond donors (Lipinski definition) is 6. The zero-order chi connectivity index (χ0) is 27.7. The van der Waals surface area contributed by atoms with Gasteiger partial charge in [-0.25, -0.2) is 0 Å². The van der Waals surface area contributed by atoms with E-state index in [1.165, 1.54) is 19.0 Å². The number of aromatic hydroxyl groups is 1. The minimum absolute atomic E-state index is 0.00827. The number of likely N-dealkylation sites (N-methyl/N-ethyl adjacent to an activating group) is 1. The molecule has 0 heterocycles. The molecule has 13 heteroatoms. The number of phenolic OH excluding ortho intramolecular Hbond substituents is 1. The zero-order valence-electron chi connectivity index (χ0n) is 20.5. The summed E-state index contributed by atoms with van der Waals surface area (Å²) in [6, 6.07) is -1.18. The number of primary amides is 1. The second kappa shape index (κ2) is 8.75. The second-order valence-corrected chi connectivity index (χ2v) is 10.2. The van der Waals surface area contributed by atoms with Gasteiger partial charge in [-0.2, -0.15) is 0 Å². The number of nitrogens with one attached hydrogen (secondary N) is 1. The Kier molecular flexibility index (Phi) is 6.26. The molecule has 4 atom stereocenters. The van der Waals surface area contributed by atoms with Crippen molar-refractivity contribution in [3.05, 3.63) is 33.1 Å². The Labute approximate surface area is 216 Å². The van der Waals surface area contributed by atoms with Crippen molar-refractivity contribution in [3.8, 4) is 5.75 Å². The van der Waals surface area contributed by atoms with Gasteiger partial charge in [0.25, 0.3) is 5.91 Å². The fraction of sp³-hybridized carbons (Fsp3) is 0.417. The minimum Gasteiger partial charge on any atom is -0.508 e. The summed E-state index contributed by atoms with van der Waals surface area (Å²) in [7, 11) is 6.38. The summed E-state index contributed by atoms with van der Waals surface area (Å²) in [5.74, 6) is -7.63. The van der Waals surface area contributed by atoms with Crippen molar-refractivity contribution >= 4 is 52.6 Å². The highest BCUT2D eigenvalue weighted by Crippen LogP contribution is 2.56. The molecule has 0 aliphatic heterocycles. The lowest BCUT2D eigenvalue weighted by atomic mass is 9.57. The number of halogens is 1. The third kappa shape index (κ3) is 3.43. The monoisotopic (exact) mass is 534 g/mol. The number of phenols is 1. The van der Waals surface area contributed by atoms with Crippen LogP contribution in [0.2, 0.25) is 5.02 Å². The molecule has 198 valence electrons. The molecule has 0 spiro atoms. The van der Waals surface area contributed by atoms with E-state index in [4.69, 9.17) is 17.3 Å². The van der Waals surface area contributed by atoms with Gasteiger partial charge in [0, 0.05) is 25.6 Å². The molecule has 37 heavy (non-hydrogen) atoms. The van der Waals surface area contributed by atoms with Crippen molar-refractivity contribution in [2.45, 2.75) is 24.5 Å². The van der Waals surface area contributed by atoms with Gasteiger partial charge in [0.15, 0.2) is 17.1 Å². The Hall–Kier alpha value is -3.61. The first-order valence-electron chi connectivity index (χ1n) is 11.3. The van der Waals surface area contributed by atoms with Gasteiger partial charge in [-0.1, -0.05) is 11.6 Å². The van der Waals surface area contributed by atoms with E-state index in [0.29, 0.717) is 11.3 Å². The molecule has 0 saturated heterocycles. The van der Waals surface area contributed by atoms with Crippen LogP contribution >= 0.6 is 11.6 Å². The number of nitrogens with two attached hydrogens (primary N) is 1. The number of carbonyl (C=O) groups excluding carboxylic acids is 4. The highest BCUT2D eigenvalue weighted by molar-refractivity contribution is 6.37. The van der Waals surface area contributed by atoms with Crippen molar-refractivity contribution in [1.29, 1.82) is 0 Å². The maximum absolute atomic E-state index is 13.9. The first kappa shape index (κ1) is 26.5. The molecule has 1 aromatic carbocycles. The summed E-state index contributed by atoms with van der Waals surface area (Å²) in [5.41, 5.74) is 1.79. The Morgan fingerprint density at radius 1 is 1.19 bits per heavy atom. The fourth-order valence-corrected chi connectivity index (χ4v) is 6.41. The zero-order valence-corrected chi connectivity index (χ0v) is 21.3. The van der Waals surface area contributed by atoms with Gasteiger partial charge in [-0.15, -0.1) is 0 Å². The predicted octanol–water partition coefficient (Wildman–Crippen LogP) is 0.252. The number of benzene rings is 1. The van der Waals surface area contributed by atoms with E-state index in [1.54, 1.807) is 19.0 Å². The van der Waals surface area contributed by atoms with Crippen LogP contribution in [0, 0.1) is 11.8 Å². The van der Waals surface area contributed by atoms with E-state index < -0.39 is 63.8 Å². The number of amides is 2. The van der Waals surface area contributed by atoms with Crippen LogP contribution in [0.4, 0.5) is 11.4 Å². The molecule has 0 aromatic heterocycles. The van der Waals surface area contributed by atoms with Crippen LogP contribution in [-0.2, 0) is 25.6 Å². The number of Topliss-reactive ketones (excluding diaryl/α,β-unsaturated/α-hetero) is 2. The predicted molar refractivity (Wildman–Crippen MR) is 133 cm³/mol. The van der Waals surface area contributed by atoms with Crippen LogP contribution in [0.1, 0.15) is 17.5 Å². The maximum Gasteiger partial charge on any atom is 0.255 e. The number of hydrogen-bond acceptors (Lipinski definition) is 10. The fourth-order valence-electron chi connectivity index (χ4n) is 5.98. The summed E-state index contributed by atoms with van der Waals surface area (Å²) in [6.45, 7) is 0. The number of rotatable bonds is 5. The van der Waals surface area contributed by atoms with E-state index in [1.807, 2.05) is 0 Å². The van der Waals surface area contributed by atoms with Gasteiger partial charge >= 0.3 is 0 Å². The molecular formula is C24H27ClN4O8. The SMILES string of the molecule is CN(C)c1c(Cl)c(NC=O)c(O)c2c1CC1CC3[C@H](N(C)C)C(=O)C(C(N)=O)=C(O)C3(O)C(=O)C1=C2O. The van der Waals surface area contributed by atoms with Crippen LogP contribution in [0.25, 0.3) is 5.76 Å². The molecule has 7 N–H and O–H groups in total. The average Bonchev–Trinajstić information content (AvgIpc) is 2.78. The third-order valence-corrected chi connectivity index (χ3v) is 7.82. The van der Waals surface area contributed by atoms with E-state index in [9.17, 15) is 39.6 Å². The molecule has 3 aliphatic rings. The van der Waals surface area contributed by atoms with E-state index >= 15 is 0 Å². The number of carbonyl (C=O) groups is 4. The lowest BCUT2D eigenvalue weighted by Gasteiger charge is -2.50. The van der Waals surface area contributed by atoms with E-state index in [0.717, 1.165) is 0 Å². The molecule has 1 saturated carbocycles. The van der Waals surface area contributed by atoms with Crippen LogP contribution in [0.15, 0.2) is 16.9 Å². The molecule has 3 aliphatic carbocycles. The molecular weight excluding hydrogens is 508 g/mol. The van der Waals surface area contributed by atoms with E-state index in [2.05, 4.69) is 5.32 Å². The second-order valence-electron chi connectivity index (χ2n) is 9.86. The lowest BCUT2D eigenvalue weighted by molar-refractivity contribution is -0.153. The molecule has 1 fully saturated rings.